The van der Waals surface area contributed by atoms with Crippen molar-refractivity contribution in [3.8, 4) is 62.1 Å². The second-order valence-corrected chi connectivity index (χ2v) is 14.0. The van der Waals surface area contributed by atoms with E-state index in [4.69, 9.17) is 19.4 Å². The van der Waals surface area contributed by atoms with Crippen LogP contribution in [0, 0.1) is 0 Å². The first kappa shape index (κ1) is 31.9. The van der Waals surface area contributed by atoms with Crippen molar-refractivity contribution < 1.29 is 4.42 Å². The van der Waals surface area contributed by atoms with Crippen LogP contribution in [0.2, 0.25) is 0 Å². The molecule has 5 heteroatoms. The van der Waals surface area contributed by atoms with Crippen LogP contribution in [-0.2, 0) is 0 Å². The molecule has 0 aliphatic carbocycles. The van der Waals surface area contributed by atoms with Gasteiger partial charge in [0.05, 0.1) is 22.1 Å². The van der Waals surface area contributed by atoms with Gasteiger partial charge < -0.3 is 8.98 Å². The van der Waals surface area contributed by atoms with Crippen LogP contribution in [0.5, 0.6) is 0 Å². The molecular weight excluding hydrogens is 685 g/mol. The number of hydrogen-bond acceptors (Lipinski definition) is 4. The van der Waals surface area contributed by atoms with E-state index >= 15 is 0 Å². The van der Waals surface area contributed by atoms with Gasteiger partial charge in [0, 0.05) is 32.8 Å². The summed E-state index contributed by atoms with van der Waals surface area (Å²) < 4.78 is 9.27. The molecule has 0 N–H and O–H groups in total. The first-order valence-corrected chi connectivity index (χ1v) is 18.8. The van der Waals surface area contributed by atoms with E-state index in [1.807, 2.05) is 66.7 Å². The number of nitrogens with zero attached hydrogens (tertiary/aromatic N) is 4. The largest absolute Gasteiger partial charge is 0.456 e. The summed E-state index contributed by atoms with van der Waals surface area (Å²) in [6.45, 7) is 0. The van der Waals surface area contributed by atoms with Gasteiger partial charge in [-0.15, -0.1) is 0 Å². The van der Waals surface area contributed by atoms with Gasteiger partial charge in [-0.05, 0) is 58.7 Å². The fourth-order valence-corrected chi connectivity index (χ4v) is 8.06. The molecule has 0 spiro atoms. The van der Waals surface area contributed by atoms with Gasteiger partial charge in [-0.1, -0.05) is 158 Å². The summed E-state index contributed by atoms with van der Waals surface area (Å²) in [7, 11) is 0. The number of fused-ring (bicyclic) bond motifs is 6. The number of aromatic nitrogens is 4. The minimum atomic E-state index is 0.576. The van der Waals surface area contributed by atoms with Crippen molar-refractivity contribution in [1.29, 1.82) is 0 Å². The van der Waals surface area contributed by atoms with E-state index < -0.39 is 0 Å². The highest BCUT2D eigenvalue weighted by Crippen LogP contribution is 2.44. The number of para-hydroxylation sites is 1. The van der Waals surface area contributed by atoms with Gasteiger partial charge in [0.1, 0.15) is 11.2 Å². The molecule has 11 aromatic rings. The molecule has 262 valence electrons. The van der Waals surface area contributed by atoms with Crippen molar-refractivity contribution >= 4 is 43.7 Å². The summed E-state index contributed by atoms with van der Waals surface area (Å²) >= 11 is 0. The van der Waals surface area contributed by atoms with E-state index in [2.05, 4.69) is 132 Å². The number of hydrogen-bond donors (Lipinski definition) is 0. The Morgan fingerprint density at radius 3 is 1.55 bits per heavy atom. The molecule has 3 heterocycles. The number of benzene rings is 8. The van der Waals surface area contributed by atoms with Crippen LogP contribution >= 0.6 is 0 Å². The van der Waals surface area contributed by atoms with E-state index in [0.29, 0.717) is 17.5 Å². The van der Waals surface area contributed by atoms with Crippen LogP contribution in [0.3, 0.4) is 0 Å². The Kier molecular flexibility index (Phi) is 7.42. The molecule has 0 amide bonds. The standard InChI is InChI=1S/C51H32N4O/c1-5-16-33(17-6-1)37-28-29-40-39-24-13-14-25-42(39)55(44(40)31-37)43-26-15-27-45-48(43)47-41(30-38(32-46(47)56-45)34-18-7-2-8-19-34)51-53-49(35-20-9-3-10-21-35)52-50(54-51)36-22-11-4-12-23-36/h1-32H. The third-order valence-corrected chi connectivity index (χ3v) is 10.6. The Bertz CT molecular complexity index is 3170. The third kappa shape index (κ3) is 5.29. The van der Waals surface area contributed by atoms with E-state index in [1.54, 1.807) is 0 Å². The number of rotatable bonds is 6. The first-order chi connectivity index (χ1) is 27.8. The molecule has 11 rings (SSSR count). The van der Waals surface area contributed by atoms with Gasteiger partial charge in [0.15, 0.2) is 17.5 Å². The predicted molar refractivity (Wildman–Crippen MR) is 229 cm³/mol. The molecule has 0 aliphatic rings. The SMILES string of the molecule is c1ccc(-c2cc(-c3nc(-c4ccccc4)nc(-c4ccccc4)n3)c3c(c2)oc2cccc(-n4c5ccccc5c5ccc(-c6ccccc6)cc54)c23)cc1. The van der Waals surface area contributed by atoms with Crippen molar-refractivity contribution in [3.63, 3.8) is 0 Å². The molecule has 0 atom stereocenters. The minimum absolute atomic E-state index is 0.576. The summed E-state index contributed by atoms with van der Waals surface area (Å²) in [5.74, 6) is 1.79. The molecule has 0 bridgehead atoms. The van der Waals surface area contributed by atoms with Gasteiger partial charge in [-0.3, -0.25) is 0 Å². The van der Waals surface area contributed by atoms with Crippen molar-refractivity contribution in [2.24, 2.45) is 0 Å². The second kappa shape index (κ2) is 13.0. The Morgan fingerprint density at radius 2 is 0.893 bits per heavy atom. The molecule has 56 heavy (non-hydrogen) atoms. The van der Waals surface area contributed by atoms with Crippen LogP contribution < -0.4 is 0 Å². The fourth-order valence-electron chi connectivity index (χ4n) is 8.06. The van der Waals surface area contributed by atoms with Crippen molar-refractivity contribution in [2.75, 3.05) is 0 Å². The summed E-state index contributed by atoms with van der Waals surface area (Å²) in [6.07, 6.45) is 0. The van der Waals surface area contributed by atoms with Crippen molar-refractivity contribution in [3.05, 3.63) is 194 Å². The van der Waals surface area contributed by atoms with Crippen LogP contribution in [0.25, 0.3) is 106 Å². The highest BCUT2D eigenvalue weighted by molar-refractivity contribution is 6.18. The van der Waals surface area contributed by atoms with Crippen LogP contribution in [0.4, 0.5) is 0 Å². The third-order valence-electron chi connectivity index (χ3n) is 10.6. The lowest BCUT2D eigenvalue weighted by Gasteiger charge is -2.13. The van der Waals surface area contributed by atoms with E-state index in [9.17, 15) is 0 Å². The lowest BCUT2D eigenvalue weighted by atomic mass is 9.97. The van der Waals surface area contributed by atoms with Gasteiger partial charge >= 0.3 is 0 Å². The summed E-state index contributed by atoms with van der Waals surface area (Å²) in [4.78, 5) is 15.5. The highest BCUT2D eigenvalue weighted by atomic mass is 16.3. The zero-order valence-electron chi connectivity index (χ0n) is 30.2. The quantitative estimate of drug-likeness (QED) is 0.172. The molecule has 0 radical (unpaired) electrons. The van der Waals surface area contributed by atoms with Gasteiger partial charge in [0.25, 0.3) is 0 Å². The van der Waals surface area contributed by atoms with E-state index in [1.165, 1.54) is 16.3 Å². The zero-order valence-corrected chi connectivity index (χ0v) is 30.2. The van der Waals surface area contributed by atoms with Gasteiger partial charge in [-0.2, -0.15) is 0 Å². The van der Waals surface area contributed by atoms with Crippen molar-refractivity contribution in [1.82, 2.24) is 19.5 Å². The van der Waals surface area contributed by atoms with E-state index in [0.717, 1.165) is 72.0 Å². The van der Waals surface area contributed by atoms with Crippen LogP contribution in [0.15, 0.2) is 199 Å². The highest BCUT2D eigenvalue weighted by Gasteiger charge is 2.23. The molecule has 0 saturated heterocycles. The maximum Gasteiger partial charge on any atom is 0.164 e. The van der Waals surface area contributed by atoms with Gasteiger partial charge in [-0.25, -0.2) is 15.0 Å². The molecule has 0 fully saturated rings. The first-order valence-electron chi connectivity index (χ1n) is 18.8. The Labute approximate surface area is 322 Å². The summed E-state index contributed by atoms with van der Waals surface area (Å²) in [5.41, 5.74) is 11.9. The smallest absolute Gasteiger partial charge is 0.164 e. The lowest BCUT2D eigenvalue weighted by molar-refractivity contribution is 0.669. The maximum absolute atomic E-state index is 6.88. The van der Waals surface area contributed by atoms with Crippen LogP contribution in [-0.4, -0.2) is 19.5 Å². The normalized spacial score (nSPS) is 11.6. The summed E-state index contributed by atoms with van der Waals surface area (Å²) in [6, 6.07) is 67.4. The summed E-state index contributed by atoms with van der Waals surface area (Å²) in [5, 5.41) is 4.32. The molecule has 0 aliphatic heterocycles. The number of furan rings is 1. The molecule has 0 unspecified atom stereocenters. The molecule has 3 aromatic heterocycles. The fraction of sp³-hybridized carbons (Fsp3) is 0. The predicted octanol–water partition coefficient (Wildman–Crippen LogP) is 13.2. The monoisotopic (exact) mass is 716 g/mol. The van der Waals surface area contributed by atoms with Crippen molar-refractivity contribution in [2.45, 2.75) is 0 Å². The molecule has 5 nitrogen and oxygen atoms in total. The van der Waals surface area contributed by atoms with E-state index in [-0.39, 0.29) is 0 Å². The molecular formula is C51H32N4O. The Balaban J connectivity index is 1.25. The molecule has 8 aromatic carbocycles. The topological polar surface area (TPSA) is 56.7 Å². The zero-order chi connectivity index (χ0) is 37.0. The van der Waals surface area contributed by atoms with Crippen LogP contribution in [0.1, 0.15) is 0 Å². The minimum Gasteiger partial charge on any atom is -0.456 e. The lowest BCUT2D eigenvalue weighted by Crippen LogP contribution is -2.01. The Hall–Kier alpha value is -7.63. The average molecular weight is 717 g/mol. The second-order valence-electron chi connectivity index (χ2n) is 14.0. The van der Waals surface area contributed by atoms with Gasteiger partial charge in [0.2, 0.25) is 0 Å². The Morgan fingerprint density at radius 1 is 0.339 bits per heavy atom. The average Bonchev–Trinajstić information content (AvgIpc) is 3.83. The maximum atomic E-state index is 6.88. The molecule has 0 saturated carbocycles.